The summed E-state index contributed by atoms with van der Waals surface area (Å²) in [7, 11) is 0. The van der Waals surface area contributed by atoms with Gasteiger partial charge in [-0.05, 0) is 37.3 Å². The van der Waals surface area contributed by atoms with E-state index in [4.69, 9.17) is 5.26 Å². The van der Waals surface area contributed by atoms with Gasteiger partial charge in [0, 0.05) is 4.88 Å². The lowest BCUT2D eigenvalue weighted by molar-refractivity contribution is 0.0924. The van der Waals surface area contributed by atoms with Gasteiger partial charge in [0.2, 0.25) is 0 Å². The van der Waals surface area contributed by atoms with Crippen LogP contribution in [-0.2, 0) is 12.8 Å². The fourth-order valence-corrected chi connectivity index (χ4v) is 4.72. The molecule has 0 bridgehead atoms. The van der Waals surface area contributed by atoms with Crippen LogP contribution in [0.2, 0.25) is 0 Å². The minimum Gasteiger partial charge on any atom is -0.495 e. The van der Waals surface area contributed by atoms with Gasteiger partial charge in [-0.3, -0.25) is 9.69 Å². The first-order valence-corrected chi connectivity index (χ1v) is 7.57. The zero-order chi connectivity index (χ0) is 13.9. The van der Waals surface area contributed by atoms with Crippen LogP contribution in [0.5, 0.6) is 0 Å². The van der Waals surface area contributed by atoms with Crippen LogP contribution in [0.15, 0.2) is 12.0 Å². The second-order valence-electron chi connectivity index (χ2n) is 5.36. The van der Waals surface area contributed by atoms with E-state index in [-0.39, 0.29) is 11.8 Å². The smallest absolute Gasteiger partial charge is 0.256 e. The number of aliphatic hydroxyl groups excluding tert-OH is 1. The number of anilines is 1. The largest absolute Gasteiger partial charge is 0.495 e. The third-order valence-corrected chi connectivity index (χ3v) is 5.51. The van der Waals surface area contributed by atoms with E-state index in [1.165, 1.54) is 11.0 Å². The quantitative estimate of drug-likeness (QED) is 0.765. The van der Waals surface area contributed by atoms with Crippen molar-refractivity contribution in [3.63, 3.8) is 0 Å². The number of carbonyl (C=O) groups is 1. The summed E-state index contributed by atoms with van der Waals surface area (Å²) in [5, 5.41) is 22.9. The number of hydrogen-bond donors (Lipinski definition) is 2. The third kappa shape index (κ3) is 1.38. The Morgan fingerprint density at radius 2 is 2.25 bits per heavy atom. The molecular weight excluding hydrogens is 274 g/mol. The molecule has 0 radical (unpaired) electrons. The van der Waals surface area contributed by atoms with Gasteiger partial charge in [0.25, 0.3) is 5.91 Å². The van der Waals surface area contributed by atoms with E-state index >= 15 is 0 Å². The monoisotopic (exact) mass is 287 g/mol. The summed E-state index contributed by atoms with van der Waals surface area (Å²) >= 11 is 1.59. The lowest BCUT2D eigenvalue weighted by Crippen LogP contribution is -2.52. The number of hydrogen-bond acceptors (Lipinski definition) is 5. The van der Waals surface area contributed by atoms with Crippen LogP contribution in [0.4, 0.5) is 5.00 Å². The predicted octanol–water partition coefficient (Wildman–Crippen LogP) is 2.06. The Labute approximate surface area is 120 Å². The van der Waals surface area contributed by atoms with E-state index in [0.717, 1.165) is 36.2 Å². The zero-order valence-electron chi connectivity index (χ0n) is 10.7. The first-order chi connectivity index (χ1) is 9.70. The van der Waals surface area contributed by atoms with E-state index in [2.05, 4.69) is 11.4 Å². The molecule has 2 atom stereocenters. The molecule has 5 nitrogen and oxygen atoms in total. The number of nitrogens with one attached hydrogen (secondary N) is 1. The SMILES string of the molecule is N#CC1C=C(O)N2c3sc4c(c3C(=O)NC12)CCCC4. The molecule has 1 amide bonds. The summed E-state index contributed by atoms with van der Waals surface area (Å²) in [5.41, 5.74) is 1.85. The number of carbonyl (C=O) groups excluding carboxylic acids is 1. The normalized spacial score (nSPS) is 27.1. The van der Waals surface area contributed by atoms with Crippen molar-refractivity contribution in [2.75, 3.05) is 4.90 Å². The van der Waals surface area contributed by atoms with Crippen LogP contribution in [0.1, 0.15) is 33.6 Å². The van der Waals surface area contributed by atoms with E-state index in [1.54, 1.807) is 16.2 Å². The lowest BCUT2D eigenvalue weighted by atomic mass is 9.94. The molecule has 0 aromatic carbocycles. The maximum atomic E-state index is 12.4. The average Bonchev–Trinajstić information content (AvgIpc) is 2.97. The number of aryl methyl sites for hydroxylation is 1. The summed E-state index contributed by atoms with van der Waals surface area (Å²) in [6, 6.07) is 2.12. The highest BCUT2D eigenvalue weighted by atomic mass is 32.1. The molecule has 2 N–H and O–H groups in total. The number of aliphatic hydroxyl groups is 1. The maximum absolute atomic E-state index is 12.4. The van der Waals surface area contributed by atoms with Gasteiger partial charge in [-0.2, -0.15) is 5.26 Å². The Balaban J connectivity index is 1.89. The topological polar surface area (TPSA) is 76.4 Å². The number of nitrogens with zero attached hydrogens (tertiary/aromatic N) is 2. The van der Waals surface area contributed by atoms with Crippen molar-refractivity contribution < 1.29 is 9.90 Å². The number of amides is 1. The lowest BCUT2D eigenvalue weighted by Gasteiger charge is -2.33. The Hall–Kier alpha value is -2.00. The van der Waals surface area contributed by atoms with Gasteiger partial charge in [0.15, 0.2) is 5.88 Å². The molecule has 1 aliphatic carbocycles. The van der Waals surface area contributed by atoms with E-state index in [9.17, 15) is 9.90 Å². The number of thiophene rings is 1. The standard InChI is InChI=1S/C14H13N3O2S/c15-6-7-5-10(18)17-12(7)16-13(19)11-8-3-1-2-4-9(8)20-14(11)17/h5,7,12,18H,1-4H2,(H,16,19). The fraction of sp³-hybridized carbons (Fsp3) is 0.429. The van der Waals surface area contributed by atoms with Crippen molar-refractivity contribution in [2.24, 2.45) is 5.92 Å². The fourth-order valence-electron chi connectivity index (χ4n) is 3.29. The van der Waals surface area contributed by atoms with Gasteiger partial charge in [-0.15, -0.1) is 11.3 Å². The molecule has 102 valence electrons. The minimum absolute atomic E-state index is 0.0707. The molecule has 1 aromatic rings. The second-order valence-corrected chi connectivity index (χ2v) is 6.44. The number of fused-ring (bicyclic) bond motifs is 5. The van der Waals surface area contributed by atoms with Crippen molar-refractivity contribution in [3.8, 4) is 6.07 Å². The molecule has 3 aliphatic rings. The Morgan fingerprint density at radius 1 is 1.45 bits per heavy atom. The van der Waals surface area contributed by atoms with Crippen molar-refractivity contribution in [2.45, 2.75) is 31.8 Å². The molecule has 3 heterocycles. The summed E-state index contributed by atoms with van der Waals surface area (Å²) in [4.78, 5) is 15.3. The highest BCUT2D eigenvalue weighted by Gasteiger charge is 2.44. The van der Waals surface area contributed by atoms with Crippen LogP contribution < -0.4 is 10.2 Å². The highest BCUT2D eigenvalue weighted by Crippen LogP contribution is 2.46. The predicted molar refractivity (Wildman–Crippen MR) is 74.5 cm³/mol. The van der Waals surface area contributed by atoms with E-state index in [0.29, 0.717) is 5.56 Å². The molecule has 6 heteroatoms. The van der Waals surface area contributed by atoms with Gasteiger partial charge >= 0.3 is 0 Å². The van der Waals surface area contributed by atoms with E-state index < -0.39 is 12.1 Å². The van der Waals surface area contributed by atoms with Crippen LogP contribution >= 0.6 is 11.3 Å². The molecule has 2 aliphatic heterocycles. The zero-order valence-corrected chi connectivity index (χ0v) is 11.5. The molecule has 0 fully saturated rings. The molecule has 1 aromatic heterocycles. The number of nitriles is 1. The Bertz CT molecular complexity index is 685. The first-order valence-electron chi connectivity index (χ1n) is 6.75. The van der Waals surface area contributed by atoms with Crippen molar-refractivity contribution >= 4 is 22.2 Å². The maximum Gasteiger partial charge on any atom is 0.256 e. The van der Waals surface area contributed by atoms with Gasteiger partial charge < -0.3 is 10.4 Å². The molecular formula is C14H13N3O2S. The summed E-state index contributed by atoms with van der Waals surface area (Å²) < 4.78 is 0. The summed E-state index contributed by atoms with van der Waals surface area (Å²) in [5.74, 6) is -0.545. The van der Waals surface area contributed by atoms with E-state index in [1.807, 2.05) is 0 Å². The highest BCUT2D eigenvalue weighted by molar-refractivity contribution is 7.16. The summed E-state index contributed by atoms with van der Waals surface area (Å²) in [6.45, 7) is 0. The molecule has 0 saturated heterocycles. The van der Waals surface area contributed by atoms with Gasteiger partial charge in [-0.1, -0.05) is 0 Å². The minimum atomic E-state index is -0.508. The summed E-state index contributed by atoms with van der Waals surface area (Å²) in [6.07, 6.45) is 5.23. The van der Waals surface area contributed by atoms with Crippen LogP contribution in [0, 0.1) is 17.2 Å². The molecule has 0 spiro atoms. The first kappa shape index (κ1) is 11.8. The Kier molecular flexibility index (Phi) is 2.36. The molecule has 20 heavy (non-hydrogen) atoms. The van der Waals surface area contributed by atoms with Crippen LogP contribution in [-0.4, -0.2) is 17.2 Å². The van der Waals surface area contributed by atoms with Gasteiger partial charge in [-0.25, -0.2) is 0 Å². The van der Waals surface area contributed by atoms with Gasteiger partial charge in [0.05, 0.1) is 11.6 Å². The molecule has 0 saturated carbocycles. The third-order valence-electron chi connectivity index (χ3n) is 4.22. The second kappa shape index (κ2) is 4.00. The molecule has 4 rings (SSSR count). The van der Waals surface area contributed by atoms with Crippen LogP contribution in [0.3, 0.4) is 0 Å². The van der Waals surface area contributed by atoms with Crippen molar-refractivity contribution in [3.05, 3.63) is 28.0 Å². The number of rotatable bonds is 0. The Morgan fingerprint density at radius 3 is 3.05 bits per heavy atom. The molecule has 2 unspecified atom stereocenters. The average molecular weight is 287 g/mol. The van der Waals surface area contributed by atoms with Crippen molar-refractivity contribution in [1.82, 2.24) is 5.32 Å². The van der Waals surface area contributed by atoms with Crippen molar-refractivity contribution in [1.29, 1.82) is 5.26 Å². The van der Waals surface area contributed by atoms with Crippen LogP contribution in [0.25, 0.3) is 0 Å². The van der Waals surface area contributed by atoms with Gasteiger partial charge in [0.1, 0.15) is 17.1 Å².